The summed E-state index contributed by atoms with van der Waals surface area (Å²) in [5.41, 5.74) is 2.35. The van der Waals surface area contributed by atoms with E-state index in [4.69, 9.17) is 4.74 Å². The van der Waals surface area contributed by atoms with Crippen LogP contribution in [0.25, 0.3) is 0 Å². The van der Waals surface area contributed by atoms with Crippen LogP contribution in [0.1, 0.15) is 38.3 Å². The third-order valence-electron chi connectivity index (χ3n) is 4.29. The number of rotatable bonds is 9. The molecule has 1 unspecified atom stereocenters. The van der Waals surface area contributed by atoms with E-state index in [9.17, 15) is 0 Å². The van der Waals surface area contributed by atoms with E-state index in [2.05, 4.69) is 66.5 Å². The van der Waals surface area contributed by atoms with Gasteiger partial charge in [-0.1, -0.05) is 19.1 Å². The molecular weight excluding hydrogens is 427 g/mol. The summed E-state index contributed by atoms with van der Waals surface area (Å²) in [5.74, 6) is 1.76. The summed E-state index contributed by atoms with van der Waals surface area (Å²) in [4.78, 5) is 6.65. The molecule has 0 fully saturated rings. The molecule has 5 nitrogen and oxygen atoms in total. The van der Waals surface area contributed by atoms with Crippen LogP contribution >= 0.6 is 24.0 Å². The van der Waals surface area contributed by atoms with Gasteiger partial charge in [-0.25, -0.2) is 0 Å². The van der Waals surface area contributed by atoms with Crippen molar-refractivity contribution in [3.63, 3.8) is 0 Å². The number of aryl methyl sites for hydroxylation is 1. The summed E-state index contributed by atoms with van der Waals surface area (Å²) in [5, 5.41) is 6.73. The normalized spacial score (nSPS) is 12.5. The summed E-state index contributed by atoms with van der Waals surface area (Å²) in [6.07, 6.45) is 1.16. The first-order chi connectivity index (χ1) is 11.5. The number of hydrogen-bond donors (Lipinski definition) is 2. The Bertz CT molecular complexity index is 522. The average molecular weight is 462 g/mol. The second kappa shape index (κ2) is 13.2. The first-order valence-corrected chi connectivity index (χ1v) is 8.88. The van der Waals surface area contributed by atoms with E-state index in [-0.39, 0.29) is 24.0 Å². The van der Waals surface area contributed by atoms with Crippen molar-refractivity contribution in [3.8, 4) is 5.75 Å². The van der Waals surface area contributed by atoms with Crippen molar-refractivity contribution in [3.05, 3.63) is 29.3 Å². The van der Waals surface area contributed by atoms with Crippen LogP contribution in [-0.4, -0.2) is 50.7 Å². The third-order valence-corrected chi connectivity index (χ3v) is 4.29. The summed E-state index contributed by atoms with van der Waals surface area (Å²) in [6, 6.07) is 6.90. The Balaban J connectivity index is 0.00000576. The molecule has 0 radical (unpaired) electrons. The van der Waals surface area contributed by atoms with Crippen molar-refractivity contribution in [2.24, 2.45) is 4.99 Å². The topological polar surface area (TPSA) is 48.9 Å². The molecule has 0 saturated carbocycles. The van der Waals surface area contributed by atoms with Crippen LogP contribution in [0, 0.1) is 6.92 Å². The second-order valence-electron chi connectivity index (χ2n) is 6.13. The zero-order chi connectivity index (χ0) is 17.9. The zero-order valence-corrected chi connectivity index (χ0v) is 18.9. The summed E-state index contributed by atoms with van der Waals surface area (Å²) < 4.78 is 5.73. The lowest BCUT2D eigenvalue weighted by atomic mass is 10.1. The standard InChI is InChI=1S/C19H34N4O.HI/c1-7-16(4)23(6)12-11-21-19(20-5)22-14-17-10-9-15(3)13-18(17)24-8-2;/h9-10,13,16H,7-8,11-12,14H2,1-6H3,(H2,20,21,22);1H. The number of halogens is 1. The minimum Gasteiger partial charge on any atom is -0.494 e. The zero-order valence-electron chi connectivity index (χ0n) is 16.6. The van der Waals surface area contributed by atoms with Gasteiger partial charge >= 0.3 is 0 Å². The Labute approximate surface area is 170 Å². The lowest BCUT2D eigenvalue weighted by Gasteiger charge is -2.24. The molecule has 6 heteroatoms. The molecule has 1 aromatic rings. The molecule has 1 aromatic carbocycles. The van der Waals surface area contributed by atoms with Gasteiger partial charge in [0.25, 0.3) is 0 Å². The monoisotopic (exact) mass is 462 g/mol. The fourth-order valence-electron chi connectivity index (χ4n) is 2.38. The van der Waals surface area contributed by atoms with Crippen molar-refractivity contribution in [2.45, 2.75) is 46.7 Å². The van der Waals surface area contributed by atoms with Gasteiger partial charge in [-0.3, -0.25) is 4.99 Å². The number of guanidine groups is 1. The summed E-state index contributed by atoms with van der Waals surface area (Å²) in [6.45, 7) is 11.8. The number of ether oxygens (including phenoxy) is 1. The number of hydrogen-bond acceptors (Lipinski definition) is 3. The molecule has 0 spiro atoms. The molecule has 0 aliphatic carbocycles. The van der Waals surface area contributed by atoms with Crippen molar-refractivity contribution in [2.75, 3.05) is 33.8 Å². The molecule has 0 amide bonds. The van der Waals surface area contributed by atoms with E-state index >= 15 is 0 Å². The molecule has 0 bridgehead atoms. The number of benzene rings is 1. The summed E-state index contributed by atoms with van der Waals surface area (Å²) in [7, 11) is 3.96. The van der Waals surface area contributed by atoms with E-state index in [1.807, 2.05) is 6.92 Å². The lowest BCUT2D eigenvalue weighted by Crippen LogP contribution is -2.42. The quantitative estimate of drug-likeness (QED) is 0.336. The van der Waals surface area contributed by atoms with Crippen LogP contribution in [0.15, 0.2) is 23.2 Å². The van der Waals surface area contributed by atoms with Crippen LogP contribution in [-0.2, 0) is 6.54 Å². The van der Waals surface area contributed by atoms with Crippen molar-refractivity contribution >= 4 is 29.9 Å². The maximum absolute atomic E-state index is 5.73. The number of nitrogens with zero attached hydrogens (tertiary/aromatic N) is 2. The Kier molecular flexibility index (Phi) is 12.7. The number of nitrogens with one attached hydrogen (secondary N) is 2. The van der Waals surface area contributed by atoms with Crippen LogP contribution in [0.4, 0.5) is 0 Å². The van der Waals surface area contributed by atoms with Crippen molar-refractivity contribution < 1.29 is 4.74 Å². The Morgan fingerprint density at radius 2 is 2.00 bits per heavy atom. The van der Waals surface area contributed by atoms with Gasteiger partial charge in [0.2, 0.25) is 0 Å². The van der Waals surface area contributed by atoms with Gasteiger partial charge in [-0.05, 0) is 45.9 Å². The highest BCUT2D eigenvalue weighted by molar-refractivity contribution is 14.0. The number of aliphatic imine (C=N–C) groups is 1. The van der Waals surface area contributed by atoms with E-state index in [1.54, 1.807) is 7.05 Å². The molecule has 0 saturated heterocycles. The highest BCUT2D eigenvalue weighted by Crippen LogP contribution is 2.20. The van der Waals surface area contributed by atoms with E-state index < -0.39 is 0 Å². The predicted octanol–water partition coefficient (Wildman–Crippen LogP) is 3.41. The maximum atomic E-state index is 5.73. The van der Waals surface area contributed by atoms with Gasteiger partial charge in [0.15, 0.2) is 5.96 Å². The maximum Gasteiger partial charge on any atom is 0.191 e. The molecule has 25 heavy (non-hydrogen) atoms. The molecule has 0 aromatic heterocycles. The molecule has 0 aliphatic heterocycles. The van der Waals surface area contributed by atoms with E-state index in [1.165, 1.54) is 5.56 Å². The fraction of sp³-hybridized carbons (Fsp3) is 0.632. The third kappa shape index (κ3) is 8.76. The summed E-state index contributed by atoms with van der Waals surface area (Å²) >= 11 is 0. The molecule has 0 aliphatic rings. The minimum atomic E-state index is 0. The first-order valence-electron chi connectivity index (χ1n) is 8.88. The molecule has 2 N–H and O–H groups in total. The molecule has 0 heterocycles. The van der Waals surface area contributed by atoms with Crippen LogP contribution < -0.4 is 15.4 Å². The van der Waals surface area contributed by atoms with Gasteiger partial charge < -0.3 is 20.3 Å². The average Bonchev–Trinajstić information content (AvgIpc) is 2.58. The Hall–Kier alpha value is -1.02. The highest BCUT2D eigenvalue weighted by Gasteiger charge is 2.07. The largest absolute Gasteiger partial charge is 0.494 e. The van der Waals surface area contributed by atoms with Gasteiger partial charge in [-0.15, -0.1) is 24.0 Å². The van der Waals surface area contributed by atoms with E-state index in [0.717, 1.165) is 36.8 Å². The first kappa shape index (κ1) is 24.0. The van der Waals surface area contributed by atoms with Gasteiger partial charge in [0.1, 0.15) is 5.75 Å². The SMILES string of the molecule is CCOc1cc(C)ccc1CNC(=NC)NCCN(C)C(C)CC.I. The molecular formula is C19H35IN4O. The van der Waals surface area contributed by atoms with Gasteiger partial charge in [0.05, 0.1) is 6.61 Å². The van der Waals surface area contributed by atoms with Crippen LogP contribution in [0.5, 0.6) is 5.75 Å². The minimum absolute atomic E-state index is 0. The molecule has 1 atom stereocenters. The molecule has 144 valence electrons. The highest BCUT2D eigenvalue weighted by atomic mass is 127. The lowest BCUT2D eigenvalue weighted by molar-refractivity contribution is 0.255. The van der Waals surface area contributed by atoms with E-state index in [0.29, 0.717) is 19.2 Å². The van der Waals surface area contributed by atoms with Gasteiger partial charge in [0, 0.05) is 38.3 Å². The second-order valence-corrected chi connectivity index (χ2v) is 6.13. The Morgan fingerprint density at radius 3 is 2.60 bits per heavy atom. The van der Waals surface area contributed by atoms with Gasteiger partial charge in [-0.2, -0.15) is 0 Å². The van der Waals surface area contributed by atoms with Crippen molar-refractivity contribution in [1.82, 2.24) is 15.5 Å². The fourth-order valence-corrected chi connectivity index (χ4v) is 2.38. The number of likely N-dealkylation sites (N-methyl/N-ethyl adjacent to an activating group) is 1. The predicted molar refractivity (Wildman–Crippen MR) is 118 cm³/mol. The smallest absolute Gasteiger partial charge is 0.191 e. The molecule has 1 rings (SSSR count). The van der Waals surface area contributed by atoms with Crippen molar-refractivity contribution in [1.29, 1.82) is 0 Å². The van der Waals surface area contributed by atoms with Crippen LogP contribution in [0.3, 0.4) is 0 Å². The van der Waals surface area contributed by atoms with Crippen LogP contribution in [0.2, 0.25) is 0 Å². The Morgan fingerprint density at radius 1 is 1.28 bits per heavy atom.